The Morgan fingerprint density at radius 3 is 2.55 bits per heavy atom. The first-order valence-electron chi connectivity index (χ1n) is 9.12. The van der Waals surface area contributed by atoms with Crippen molar-refractivity contribution < 1.29 is 9.53 Å². The van der Waals surface area contributed by atoms with Crippen LogP contribution in [0.15, 0.2) is 34.8 Å². The minimum Gasteiger partial charge on any atom is -0.489 e. The van der Waals surface area contributed by atoms with E-state index >= 15 is 0 Å². The predicted octanol–water partition coefficient (Wildman–Crippen LogP) is 3.48. The fourth-order valence-electron chi connectivity index (χ4n) is 2.30. The van der Waals surface area contributed by atoms with Crippen molar-refractivity contribution in [1.82, 2.24) is 20.9 Å². The summed E-state index contributed by atoms with van der Waals surface area (Å²) < 4.78 is 5.82. The molecule has 29 heavy (non-hydrogen) atoms. The second-order valence-electron chi connectivity index (χ2n) is 6.05. The van der Waals surface area contributed by atoms with Crippen molar-refractivity contribution in [1.29, 1.82) is 0 Å². The number of thiazole rings is 1. The number of nitrogens with one attached hydrogen (secondary N) is 3. The van der Waals surface area contributed by atoms with Crippen LogP contribution in [0.25, 0.3) is 0 Å². The van der Waals surface area contributed by atoms with Gasteiger partial charge in [-0.05, 0) is 45.0 Å². The molecule has 0 bridgehead atoms. The van der Waals surface area contributed by atoms with E-state index in [-0.39, 0.29) is 36.0 Å². The molecule has 0 saturated carbocycles. The van der Waals surface area contributed by atoms with Gasteiger partial charge in [-0.2, -0.15) is 0 Å². The lowest BCUT2D eigenvalue weighted by atomic mass is 10.3. The van der Waals surface area contributed by atoms with Gasteiger partial charge in [-0.3, -0.25) is 4.79 Å². The fraction of sp³-hybridized carbons (Fsp3) is 0.421. The number of aromatic nitrogens is 1. The predicted molar refractivity (Wildman–Crippen MR) is 130 cm³/mol. The van der Waals surface area contributed by atoms with Crippen LogP contribution in [0, 0.1) is 6.92 Å². The minimum absolute atomic E-state index is 0. The van der Waals surface area contributed by atoms with E-state index in [1.165, 1.54) is 11.3 Å². The largest absolute Gasteiger partial charge is 0.489 e. The number of nitrogens with zero attached hydrogens (tertiary/aromatic N) is 2. The van der Waals surface area contributed by atoms with E-state index in [1.807, 2.05) is 32.9 Å². The van der Waals surface area contributed by atoms with Crippen LogP contribution in [0.2, 0.25) is 5.02 Å². The average Bonchev–Trinajstić information content (AvgIpc) is 3.11. The molecule has 0 aliphatic rings. The Kier molecular flexibility index (Phi) is 11.9. The number of benzene rings is 1. The van der Waals surface area contributed by atoms with E-state index in [1.54, 1.807) is 17.6 Å². The maximum absolute atomic E-state index is 12.1. The monoisotopic (exact) mass is 551 g/mol. The molecule has 160 valence electrons. The highest BCUT2D eigenvalue weighted by Crippen LogP contribution is 2.16. The summed E-state index contributed by atoms with van der Waals surface area (Å²) in [5.74, 6) is 1.33. The second kappa shape index (κ2) is 13.6. The molecule has 0 aliphatic heterocycles. The molecule has 0 spiro atoms. The van der Waals surface area contributed by atoms with E-state index in [2.05, 4.69) is 25.9 Å². The van der Waals surface area contributed by atoms with Crippen molar-refractivity contribution in [2.24, 2.45) is 4.99 Å². The summed E-state index contributed by atoms with van der Waals surface area (Å²) in [7, 11) is 0. The molecule has 0 fully saturated rings. The number of guanidine groups is 1. The number of halogens is 2. The lowest BCUT2D eigenvalue weighted by molar-refractivity contribution is 0.0957. The number of amides is 1. The van der Waals surface area contributed by atoms with Gasteiger partial charge in [-0.25, -0.2) is 9.98 Å². The molecule has 0 radical (unpaired) electrons. The Balaban J connectivity index is 0.00000420. The standard InChI is InChI=1S/C19H26ClN5O2S.HI/c1-4-21-19(23-10-9-22-18(26)17-14(3)25-12-28-17)24-11-13(2)27-16-7-5-15(20)6-8-16;/h5-8,12-13H,4,9-11H2,1-3H3,(H,22,26)(H2,21,23,24);1H. The normalized spacial score (nSPS) is 11.9. The number of carbonyl (C=O) groups is 1. The molecule has 3 N–H and O–H groups in total. The van der Waals surface area contributed by atoms with Gasteiger partial charge in [0.05, 0.1) is 17.7 Å². The molecule has 1 amide bonds. The highest BCUT2D eigenvalue weighted by molar-refractivity contribution is 14.0. The number of ether oxygens (including phenoxy) is 1. The molecule has 0 aliphatic carbocycles. The molecule has 0 saturated heterocycles. The van der Waals surface area contributed by atoms with Gasteiger partial charge >= 0.3 is 0 Å². The number of rotatable bonds is 9. The first-order valence-corrected chi connectivity index (χ1v) is 10.4. The summed E-state index contributed by atoms with van der Waals surface area (Å²) in [4.78, 5) is 21.3. The number of aryl methyl sites for hydroxylation is 1. The maximum Gasteiger partial charge on any atom is 0.263 e. The Morgan fingerprint density at radius 1 is 1.24 bits per heavy atom. The quantitative estimate of drug-likeness (QED) is 0.192. The van der Waals surface area contributed by atoms with Gasteiger partial charge in [0.15, 0.2) is 5.96 Å². The molecule has 1 unspecified atom stereocenters. The van der Waals surface area contributed by atoms with Crippen molar-refractivity contribution in [3.63, 3.8) is 0 Å². The zero-order valence-corrected chi connectivity index (χ0v) is 20.6. The summed E-state index contributed by atoms with van der Waals surface area (Å²) in [6.45, 7) is 8.06. The first-order chi connectivity index (χ1) is 13.5. The Morgan fingerprint density at radius 2 is 1.93 bits per heavy atom. The summed E-state index contributed by atoms with van der Waals surface area (Å²) in [5, 5.41) is 9.93. The average molecular weight is 552 g/mol. The molecular formula is C19H27ClIN5O2S. The van der Waals surface area contributed by atoms with Gasteiger partial charge < -0.3 is 20.7 Å². The summed E-state index contributed by atoms with van der Waals surface area (Å²) in [6.07, 6.45) is -0.0920. The van der Waals surface area contributed by atoms with Gasteiger partial charge in [0.25, 0.3) is 5.91 Å². The van der Waals surface area contributed by atoms with Gasteiger partial charge in [0.1, 0.15) is 16.7 Å². The van der Waals surface area contributed by atoms with Gasteiger partial charge in [0.2, 0.25) is 0 Å². The number of carbonyl (C=O) groups excluding carboxylic acids is 1. The minimum atomic E-state index is -0.103. The Hall–Kier alpha value is -1.59. The smallest absolute Gasteiger partial charge is 0.263 e. The van der Waals surface area contributed by atoms with Crippen molar-refractivity contribution in [3.05, 3.63) is 45.4 Å². The van der Waals surface area contributed by atoms with Crippen LogP contribution in [0.3, 0.4) is 0 Å². The van der Waals surface area contributed by atoms with E-state index in [4.69, 9.17) is 16.3 Å². The van der Waals surface area contributed by atoms with Gasteiger partial charge in [-0.1, -0.05) is 11.6 Å². The molecule has 2 aromatic rings. The Bertz CT molecular complexity index is 785. The van der Waals surface area contributed by atoms with Crippen molar-refractivity contribution in [2.45, 2.75) is 26.9 Å². The fourth-order valence-corrected chi connectivity index (χ4v) is 3.15. The van der Waals surface area contributed by atoms with E-state index in [9.17, 15) is 4.79 Å². The van der Waals surface area contributed by atoms with Crippen molar-refractivity contribution >= 4 is 58.8 Å². The van der Waals surface area contributed by atoms with E-state index in [0.29, 0.717) is 35.5 Å². The molecule has 1 heterocycles. The van der Waals surface area contributed by atoms with Crippen molar-refractivity contribution in [3.8, 4) is 5.75 Å². The van der Waals surface area contributed by atoms with Crippen LogP contribution >= 0.6 is 46.9 Å². The third kappa shape index (κ3) is 9.18. The summed E-state index contributed by atoms with van der Waals surface area (Å²) in [6, 6.07) is 7.25. The van der Waals surface area contributed by atoms with Crippen LogP contribution < -0.4 is 20.7 Å². The molecule has 1 atom stereocenters. The Labute approximate surface area is 197 Å². The molecule has 10 heteroatoms. The van der Waals surface area contributed by atoms with E-state index < -0.39 is 0 Å². The lowest BCUT2D eigenvalue weighted by Crippen LogP contribution is -2.42. The summed E-state index contributed by atoms with van der Waals surface area (Å²) >= 11 is 7.22. The molecule has 7 nitrogen and oxygen atoms in total. The molecule has 1 aromatic carbocycles. The SMILES string of the molecule is CCNC(=NCC(C)Oc1ccc(Cl)cc1)NCCNC(=O)c1scnc1C.I. The highest BCUT2D eigenvalue weighted by Gasteiger charge is 2.10. The van der Waals surface area contributed by atoms with Gasteiger partial charge in [0, 0.05) is 24.7 Å². The van der Waals surface area contributed by atoms with Crippen LogP contribution in [0.4, 0.5) is 0 Å². The van der Waals surface area contributed by atoms with Crippen LogP contribution in [0.5, 0.6) is 5.75 Å². The van der Waals surface area contributed by atoms with Crippen molar-refractivity contribution in [2.75, 3.05) is 26.2 Å². The van der Waals surface area contributed by atoms with Crippen LogP contribution in [0.1, 0.15) is 29.2 Å². The molecule has 1 aromatic heterocycles. The number of aliphatic imine (C=N–C) groups is 1. The zero-order valence-electron chi connectivity index (χ0n) is 16.7. The third-order valence-electron chi connectivity index (χ3n) is 3.66. The zero-order chi connectivity index (χ0) is 20.4. The molecular weight excluding hydrogens is 525 g/mol. The van der Waals surface area contributed by atoms with E-state index in [0.717, 1.165) is 18.0 Å². The molecule has 2 rings (SSSR count). The van der Waals surface area contributed by atoms with Crippen LogP contribution in [-0.4, -0.2) is 49.1 Å². The second-order valence-corrected chi connectivity index (χ2v) is 7.34. The summed E-state index contributed by atoms with van der Waals surface area (Å²) in [5.41, 5.74) is 2.42. The number of hydrogen-bond donors (Lipinski definition) is 3. The van der Waals surface area contributed by atoms with Crippen LogP contribution in [-0.2, 0) is 0 Å². The first kappa shape index (κ1) is 25.4. The third-order valence-corrected chi connectivity index (χ3v) is 4.84. The number of hydrogen-bond acceptors (Lipinski definition) is 5. The van der Waals surface area contributed by atoms with Gasteiger partial charge in [-0.15, -0.1) is 35.3 Å². The lowest BCUT2D eigenvalue weighted by Gasteiger charge is -2.15. The maximum atomic E-state index is 12.1. The topological polar surface area (TPSA) is 87.6 Å². The highest BCUT2D eigenvalue weighted by atomic mass is 127.